The summed E-state index contributed by atoms with van der Waals surface area (Å²) >= 11 is 0. The summed E-state index contributed by atoms with van der Waals surface area (Å²) < 4.78 is 0. The molecule has 1 saturated carbocycles. The van der Waals surface area contributed by atoms with Crippen molar-refractivity contribution in [3.8, 4) is 6.07 Å². The number of nitriles is 1. The van der Waals surface area contributed by atoms with Gasteiger partial charge in [0.15, 0.2) is 0 Å². The Morgan fingerprint density at radius 3 is 2.35 bits per heavy atom. The number of benzene rings is 1. The van der Waals surface area contributed by atoms with Crippen LogP contribution >= 0.6 is 0 Å². The van der Waals surface area contributed by atoms with Gasteiger partial charge in [-0.05, 0) is 37.1 Å². The number of rotatable bonds is 4. The minimum Gasteiger partial charge on any atom is -0.367 e. The van der Waals surface area contributed by atoms with E-state index in [0.29, 0.717) is 11.6 Å². The molecule has 0 atom stereocenters. The molecule has 1 aromatic carbocycles. The molecule has 118 valence electrons. The largest absolute Gasteiger partial charge is 0.367 e. The van der Waals surface area contributed by atoms with E-state index < -0.39 is 0 Å². The van der Waals surface area contributed by atoms with E-state index in [-0.39, 0.29) is 0 Å². The van der Waals surface area contributed by atoms with Crippen molar-refractivity contribution in [2.24, 2.45) is 0 Å². The van der Waals surface area contributed by atoms with Crippen molar-refractivity contribution < 1.29 is 0 Å². The Kier molecular flexibility index (Phi) is 5.05. The summed E-state index contributed by atoms with van der Waals surface area (Å²) in [6.45, 7) is 0. The lowest BCUT2D eigenvalue weighted by molar-refractivity contribution is 0.617. The zero-order chi connectivity index (χ0) is 15.9. The van der Waals surface area contributed by atoms with Crippen LogP contribution in [0.2, 0.25) is 0 Å². The van der Waals surface area contributed by atoms with Crippen LogP contribution in [0.4, 0.5) is 17.3 Å². The zero-order valence-corrected chi connectivity index (χ0v) is 13.1. The van der Waals surface area contributed by atoms with E-state index in [1.54, 1.807) is 18.5 Å². The Labute approximate surface area is 136 Å². The first-order valence-corrected chi connectivity index (χ1v) is 8.19. The maximum Gasteiger partial charge on any atom is 0.135 e. The molecule has 0 saturated heterocycles. The van der Waals surface area contributed by atoms with Crippen molar-refractivity contribution >= 4 is 17.3 Å². The molecule has 0 unspecified atom stereocenters. The molecule has 1 heterocycles. The molecule has 0 spiro atoms. The summed E-state index contributed by atoms with van der Waals surface area (Å²) in [5.74, 6) is 1.61. The average Bonchev–Trinajstić information content (AvgIpc) is 2.85. The minimum absolute atomic E-state index is 0.509. The monoisotopic (exact) mass is 307 g/mol. The van der Waals surface area contributed by atoms with Gasteiger partial charge in [0.05, 0.1) is 11.6 Å². The molecule has 2 N–H and O–H groups in total. The molecule has 23 heavy (non-hydrogen) atoms. The van der Waals surface area contributed by atoms with Gasteiger partial charge in [0.2, 0.25) is 0 Å². The molecular weight excluding hydrogens is 286 g/mol. The van der Waals surface area contributed by atoms with Crippen molar-refractivity contribution in [3.63, 3.8) is 0 Å². The molecule has 5 heteroatoms. The summed E-state index contributed by atoms with van der Waals surface area (Å²) in [4.78, 5) is 8.59. The van der Waals surface area contributed by atoms with Crippen molar-refractivity contribution in [2.75, 3.05) is 10.6 Å². The summed E-state index contributed by atoms with van der Waals surface area (Å²) in [7, 11) is 0. The third-order valence-corrected chi connectivity index (χ3v) is 4.16. The second-order valence-electron chi connectivity index (χ2n) is 5.94. The molecule has 1 aliphatic carbocycles. The molecular formula is C18H21N5. The lowest BCUT2D eigenvalue weighted by Gasteiger charge is -2.17. The van der Waals surface area contributed by atoms with Crippen LogP contribution in [0.3, 0.4) is 0 Å². The van der Waals surface area contributed by atoms with Crippen molar-refractivity contribution in [1.82, 2.24) is 9.97 Å². The highest BCUT2D eigenvalue weighted by atomic mass is 15.1. The molecule has 0 radical (unpaired) electrons. The standard InChI is InChI=1S/C18H21N5/c19-12-14-7-9-16(10-8-14)23-18-11-17(20-13-21-18)22-15-5-3-1-2-4-6-15/h7-11,13,15H,1-6H2,(H2,20,21,22,23). The van der Waals surface area contributed by atoms with Crippen LogP contribution in [0.5, 0.6) is 0 Å². The molecule has 2 aromatic rings. The summed E-state index contributed by atoms with van der Waals surface area (Å²) in [5, 5.41) is 15.6. The van der Waals surface area contributed by atoms with Gasteiger partial charge in [-0.1, -0.05) is 25.7 Å². The number of aromatic nitrogens is 2. The van der Waals surface area contributed by atoms with Crippen molar-refractivity contribution in [3.05, 3.63) is 42.2 Å². The number of nitrogens with zero attached hydrogens (tertiary/aromatic N) is 3. The normalized spacial score (nSPS) is 15.4. The Hall–Kier alpha value is -2.61. The topological polar surface area (TPSA) is 73.6 Å². The van der Waals surface area contributed by atoms with Gasteiger partial charge in [-0.15, -0.1) is 0 Å². The van der Waals surface area contributed by atoms with E-state index in [4.69, 9.17) is 5.26 Å². The Morgan fingerprint density at radius 1 is 0.957 bits per heavy atom. The fourth-order valence-electron chi connectivity index (χ4n) is 2.91. The van der Waals surface area contributed by atoms with Crippen molar-refractivity contribution in [1.29, 1.82) is 5.26 Å². The molecule has 1 aromatic heterocycles. The highest BCUT2D eigenvalue weighted by molar-refractivity contribution is 5.59. The van der Waals surface area contributed by atoms with Crippen LogP contribution in [-0.4, -0.2) is 16.0 Å². The molecule has 0 amide bonds. The van der Waals surface area contributed by atoms with Gasteiger partial charge in [-0.25, -0.2) is 9.97 Å². The highest BCUT2D eigenvalue weighted by Crippen LogP contribution is 2.22. The van der Waals surface area contributed by atoms with Gasteiger partial charge in [0, 0.05) is 17.8 Å². The van der Waals surface area contributed by atoms with Gasteiger partial charge in [-0.3, -0.25) is 0 Å². The molecule has 1 aliphatic rings. The molecule has 0 bridgehead atoms. The van der Waals surface area contributed by atoms with E-state index in [1.807, 2.05) is 18.2 Å². The molecule has 0 aliphatic heterocycles. The molecule has 3 rings (SSSR count). The average molecular weight is 307 g/mol. The lowest BCUT2D eigenvalue weighted by Crippen LogP contribution is -2.19. The smallest absolute Gasteiger partial charge is 0.135 e. The second kappa shape index (κ2) is 7.59. The number of hydrogen-bond donors (Lipinski definition) is 2. The Morgan fingerprint density at radius 2 is 1.65 bits per heavy atom. The maximum atomic E-state index is 8.83. The Bertz CT molecular complexity index is 667. The predicted molar refractivity (Wildman–Crippen MR) is 91.6 cm³/mol. The third-order valence-electron chi connectivity index (χ3n) is 4.16. The summed E-state index contributed by atoms with van der Waals surface area (Å²) in [6.07, 6.45) is 9.26. The van der Waals surface area contributed by atoms with Crippen LogP contribution in [0.25, 0.3) is 0 Å². The van der Waals surface area contributed by atoms with Gasteiger partial charge < -0.3 is 10.6 Å². The van der Waals surface area contributed by atoms with Crippen LogP contribution in [0, 0.1) is 11.3 Å². The van der Waals surface area contributed by atoms with Crippen LogP contribution in [0.1, 0.15) is 44.1 Å². The second-order valence-corrected chi connectivity index (χ2v) is 5.94. The fourth-order valence-corrected chi connectivity index (χ4v) is 2.91. The first-order valence-electron chi connectivity index (χ1n) is 8.19. The first kappa shape index (κ1) is 15.3. The number of hydrogen-bond acceptors (Lipinski definition) is 5. The fraction of sp³-hybridized carbons (Fsp3) is 0.389. The van der Waals surface area contributed by atoms with E-state index in [9.17, 15) is 0 Å². The Balaban J connectivity index is 1.65. The minimum atomic E-state index is 0.509. The van der Waals surface area contributed by atoms with E-state index >= 15 is 0 Å². The van der Waals surface area contributed by atoms with Crippen LogP contribution in [0.15, 0.2) is 36.7 Å². The SMILES string of the molecule is N#Cc1ccc(Nc2cc(NC3CCCCCC3)ncn2)cc1. The van der Waals surface area contributed by atoms with Crippen LogP contribution < -0.4 is 10.6 Å². The quantitative estimate of drug-likeness (QED) is 0.827. The molecule has 5 nitrogen and oxygen atoms in total. The molecule has 1 fully saturated rings. The summed E-state index contributed by atoms with van der Waals surface area (Å²) in [6, 6.07) is 11.9. The van der Waals surface area contributed by atoms with Crippen LogP contribution in [-0.2, 0) is 0 Å². The summed E-state index contributed by atoms with van der Waals surface area (Å²) in [5.41, 5.74) is 1.55. The van der Waals surface area contributed by atoms with E-state index in [1.165, 1.54) is 38.5 Å². The van der Waals surface area contributed by atoms with Gasteiger partial charge >= 0.3 is 0 Å². The van der Waals surface area contributed by atoms with Gasteiger partial charge in [0.1, 0.15) is 18.0 Å². The maximum absolute atomic E-state index is 8.83. The van der Waals surface area contributed by atoms with E-state index in [0.717, 1.165) is 17.3 Å². The number of anilines is 3. The van der Waals surface area contributed by atoms with Gasteiger partial charge in [-0.2, -0.15) is 5.26 Å². The highest BCUT2D eigenvalue weighted by Gasteiger charge is 2.12. The van der Waals surface area contributed by atoms with Gasteiger partial charge in [0.25, 0.3) is 0 Å². The number of nitrogens with one attached hydrogen (secondary N) is 2. The predicted octanol–water partition coefficient (Wildman–Crippen LogP) is 4.23. The lowest BCUT2D eigenvalue weighted by atomic mass is 10.1. The van der Waals surface area contributed by atoms with Crippen molar-refractivity contribution in [2.45, 2.75) is 44.6 Å². The third kappa shape index (κ3) is 4.43. The zero-order valence-electron chi connectivity index (χ0n) is 13.1. The van der Waals surface area contributed by atoms with E-state index in [2.05, 4.69) is 26.7 Å². The first-order chi connectivity index (χ1) is 11.3.